The number of carbonyl (C=O) groups is 1. The van der Waals surface area contributed by atoms with Gasteiger partial charge in [-0.1, -0.05) is 53.5 Å². The summed E-state index contributed by atoms with van der Waals surface area (Å²) in [5.41, 5.74) is 3.99. The molecule has 10 heteroatoms. The number of hydrogen-bond donors (Lipinski definition) is 1. The third-order valence-corrected chi connectivity index (χ3v) is 5.02. The average molecular weight is 488 g/mol. The van der Waals surface area contributed by atoms with E-state index >= 15 is 0 Å². The summed E-state index contributed by atoms with van der Waals surface area (Å²) in [6.45, 7) is 0.266. The molecule has 0 aromatic heterocycles. The van der Waals surface area contributed by atoms with Crippen LogP contribution in [0.4, 0.5) is 5.69 Å². The minimum Gasteiger partial charge on any atom is -0.493 e. The van der Waals surface area contributed by atoms with Gasteiger partial charge in [0.1, 0.15) is 6.61 Å². The van der Waals surface area contributed by atoms with Crippen molar-refractivity contribution >= 4 is 41.0 Å². The highest BCUT2D eigenvalue weighted by molar-refractivity contribution is 6.32. The van der Waals surface area contributed by atoms with Crippen molar-refractivity contribution in [3.63, 3.8) is 0 Å². The van der Waals surface area contributed by atoms with Gasteiger partial charge in [0.05, 0.1) is 29.7 Å². The van der Waals surface area contributed by atoms with E-state index in [1.165, 1.54) is 31.5 Å². The fourth-order valence-electron chi connectivity index (χ4n) is 2.92. The van der Waals surface area contributed by atoms with Gasteiger partial charge in [-0.3, -0.25) is 14.9 Å². The van der Waals surface area contributed by atoms with Crippen LogP contribution in [0.25, 0.3) is 0 Å². The Morgan fingerprint density at radius 3 is 2.58 bits per heavy atom. The molecule has 0 fully saturated rings. The van der Waals surface area contributed by atoms with Gasteiger partial charge in [-0.2, -0.15) is 5.10 Å². The summed E-state index contributed by atoms with van der Waals surface area (Å²) in [6.07, 6.45) is 1.20. The zero-order valence-corrected chi connectivity index (χ0v) is 19.0. The van der Waals surface area contributed by atoms with E-state index in [0.29, 0.717) is 32.7 Å². The molecule has 0 aliphatic heterocycles. The van der Waals surface area contributed by atoms with Crippen molar-refractivity contribution in [1.29, 1.82) is 0 Å². The number of methoxy groups -OCH3 is 1. The monoisotopic (exact) mass is 487 g/mol. The second-order valence-electron chi connectivity index (χ2n) is 6.81. The molecule has 0 aliphatic carbocycles. The number of halogens is 2. The third-order valence-electron chi connectivity index (χ3n) is 4.49. The molecule has 0 aliphatic rings. The van der Waals surface area contributed by atoms with Crippen LogP contribution in [0.1, 0.15) is 16.7 Å². The molecule has 3 rings (SSSR count). The number of nitro benzene ring substituents is 1. The average Bonchev–Trinajstić information content (AvgIpc) is 2.79. The molecule has 0 saturated heterocycles. The molecule has 0 unspecified atom stereocenters. The molecule has 0 atom stereocenters. The van der Waals surface area contributed by atoms with Crippen LogP contribution in [-0.4, -0.2) is 24.2 Å². The number of amides is 1. The number of ether oxygens (including phenoxy) is 2. The maximum absolute atomic E-state index is 12.1. The van der Waals surface area contributed by atoms with Gasteiger partial charge in [-0.15, -0.1) is 0 Å². The third kappa shape index (κ3) is 6.68. The molecular formula is C23H19Cl2N3O5. The van der Waals surface area contributed by atoms with Crippen molar-refractivity contribution < 1.29 is 19.2 Å². The maximum atomic E-state index is 12.1. The number of carbonyl (C=O) groups excluding carboxylic acids is 1. The predicted octanol–water partition coefficient (Wildman–Crippen LogP) is 5.18. The van der Waals surface area contributed by atoms with Gasteiger partial charge in [0.25, 0.3) is 5.69 Å². The molecule has 1 amide bonds. The first-order valence-electron chi connectivity index (χ1n) is 9.66. The number of nitrogens with one attached hydrogen (secondary N) is 1. The smallest absolute Gasteiger partial charge is 0.273 e. The molecule has 0 bridgehead atoms. The lowest BCUT2D eigenvalue weighted by Gasteiger charge is -2.13. The molecule has 170 valence electrons. The molecular weight excluding hydrogens is 469 g/mol. The van der Waals surface area contributed by atoms with E-state index < -0.39 is 10.8 Å². The Morgan fingerprint density at radius 1 is 1.15 bits per heavy atom. The molecule has 0 spiro atoms. The summed E-state index contributed by atoms with van der Waals surface area (Å²) in [5.74, 6) is 0.261. The molecule has 0 saturated carbocycles. The van der Waals surface area contributed by atoms with E-state index in [1.54, 1.807) is 30.3 Å². The summed E-state index contributed by atoms with van der Waals surface area (Å²) in [7, 11) is 1.48. The van der Waals surface area contributed by atoms with Gasteiger partial charge in [0.2, 0.25) is 5.91 Å². The summed E-state index contributed by atoms with van der Waals surface area (Å²) in [4.78, 5) is 22.7. The number of rotatable bonds is 9. The van der Waals surface area contributed by atoms with Crippen LogP contribution in [0.3, 0.4) is 0 Å². The highest BCUT2D eigenvalue weighted by Crippen LogP contribution is 2.36. The topological polar surface area (TPSA) is 103 Å². The first kappa shape index (κ1) is 24.0. The first-order valence-corrected chi connectivity index (χ1v) is 10.4. The normalized spacial score (nSPS) is 10.8. The number of hydrazone groups is 1. The summed E-state index contributed by atoms with van der Waals surface area (Å²) in [5, 5.41) is 15.9. The molecule has 8 nitrogen and oxygen atoms in total. The van der Waals surface area contributed by atoms with E-state index in [4.69, 9.17) is 32.7 Å². The maximum Gasteiger partial charge on any atom is 0.273 e. The number of para-hydroxylation sites is 1. The van der Waals surface area contributed by atoms with Gasteiger partial charge in [-0.05, 0) is 35.4 Å². The molecule has 0 radical (unpaired) electrons. The Kier molecular flexibility index (Phi) is 8.23. The van der Waals surface area contributed by atoms with Gasteiger partial charge in [0, 0.05) is 16.7 Å². The fourth-order valence-corrected chi connectivity index (χ4v) is 3.32. The van der Waals surface area contributed by atoms with Crippen LogP contribution in [0.2, 0.25) is 10.0 Å². The van der Waals surface area contributed by atoms with E-state index in [2.05, 4.69) is 10.5 Å². The van der Waals surface area contributed by atoms with Gasteiger partial charge in [-0.25, -0.2) is 5.43 Å². The molecule has 3 aromatic carbocycles. The van der Waals surface area contributed by atoms with Crippen LogP contribution < -0.4 is 14.9 Å². The minimum atomic E-state index is -0.531. The van der Waals surface area contributed by atoms with E-state index in [9.17, 15) is 14.9 Å². The molecule has 0 heterocycles. The highest BCUT2D eigenvalue weighted by atomic mass is 35.5. The number of hydrogen-bond acceptors (Lipinski definition) is 6. The van der Waals surface area contributed by atoms with E-state index in [0.717, 1.165) is 5.56 Å². The zero-order valence-electron chi connectivity index (χ0n) is 17.5. The van der Waals surface area contributed by atoms with E-state index in [-0.39, 0.29) is 18.7 Å². The Hall–Kier alpha value is -3.62. The van der Waals surface area contributed by atoms with Crippen LogP contribution >= 0.6 is 23.2 Å². The van der Waals surface area contributed by atoms with Gasteiger partial charge >= 0.3 is 0 Å². The predicted molar refractivity (Wildman–Crippen MR) is 126 cm³/mol. The second kappa shape index (κ2) is 11.3. The van der Waals surface area contributed by atoms with Crippen molar-refractivity contribution in [2.24, 2.45) is 5.10 Å². The largest absolute Gasteiger partial charge is 0.493 e. The van der Waals surface area contributed by atoms with Crippen molar-refractivity contribution in [1.82, 2.24) is 5.43 Å². The fraction of sp³-hybridized carbons (Fsp3) is 0.130. The summed E-state index contributed by atoms with van der Waals surface area (Å²) < 4.78 is 11.2. The van der Waals surface area contributed by atoms with Crippen LogP contribution in [0.15, 0.2) is 65.8 Å². The first-order chi connectivity index (χ1) is 15.9. The number of nitro groups is 1. The lowest BCUT2D eigenvalue weighted by molar-refractivity contribution is -0.385. The Balaban J connectivity index is 1.65. The number of benzene rings is 3. The van der Waals surface area contributed by atoms with Gasteiger partial charge < -0.3 is 9.47 Å². The van der Waals surface area contributed by atoms with Crippen molar-refractivity contribution in [3.8, 4) is 11.5 Å². The summed E-state index contributed by atoms with van der Waals surface area (Å²) in [6, 6.07) is 16.5. The SMILES string of the molecule is COc1cc(C=NNC(=O)Cc2ccccc2[N+](=O)[O-])cc(Cl)c1OCc1ccc(Cl)cc1. The molecule has 3 aromatic rings. The van der Waals surface area contributed by atoms with Crippen LogP contribution in [-0.2, 0) is 17.8 Å². The quantitative estimate of drug-likeness (QED) is 0.254. The Labute approximate surface area is 199 Å². The Morgan fingerprint density at radius 2 is 1.88 bits per heavy atom. The highest BCUT2D eigenvalue weighted by Gasteiger charge is 2.15. The van der Waals surface area contributed by atoms with Crippen molar-refractivity contribution in [3.05, 3.63) is 97.5 Å². The van der Waals surface area contributed by atoms with Crippen molar-refractivity contribution in [2.45, 2.75) is 13.0 Å². The van der Waals surface area contributed by atoms with E-state index in [1.807, 2.05) is 12.1 Å². The standard InChI is InChI=1S/C23H19Cl2N3O5/c1-32-21-11-16(10-19(25)23(21)33-14-15-6-8-18(24)9-7-15)13-26-27-22(29)12-17-4-2-3-5-20(17)28(30)31/h2-11,13H,12,14H2,1H3,(H,27,29). The van der Waals surface area contributed by atoms with Gasteiger partial charge in [0.15, 0.2) is 11.5 Å². The lowest BCUT2D eigenvalue weighted by atomic mass is 10.1. The summed E-state index contributed by atoms with van der Waals surface area (Å²) >= 11 is 12.3. The zero-order chi connectivity index (χ0) is 23.8. The van der Waals surface area contributed by atoms with Crippen molar-refractivity contribution in [2.75, 3.05) is 7.11 Å². The van der Waals surface area contributed by atoms with Crippen LogP contribution in [0, 0.1) is 10.1 Å². The molecule has 33 heavy (non-hydrogen) atoms. The lowest BCUT2D eigenvalue weighted by Crippen LogP contribution is -2.20. The number of nitrogens with zero attached hydrogens (tertiary/aromatic N) is 2. The Bertz CT molecular complexity index is 1180. The van der Waals surface area contributed by atoms with Crippen LogP contribution in [0.5, 0.6) is 11.5 Å². The minimum absolute atomic E-state index is 0.123. The molecule has 1 N–H and O–H groups in total. The second-order valence-corrected chi connectivity index (χ2v) is 7.65.